The van der Waals surface area contributed by atoms with Gasteiger partial charge < -0.3 is 20.5 Å². The third kappa shape index (κ3) is 6.74. The molecule has 25 heavy (non-hydrogen) atoms. The average Bonchev–Trinajstić information content (AvgIpc) is 2.59. The maximum Gasteiger partial charge on any atom is 0.217 e. The Labute approximate surface area is 149 Å². The number of hydrogen-bond acceptors (Lipinski definition) is 5. The van der Waals surface area contributed by atoms with Crippen molar-refractivity contribution < 1.29 is 14.6 Å². The molecule has 6 nitrogen and oxygen atoms in total. The highest BCUT2D eigenvalue weighted by atomic mass is 16.5. The number of nitrogens with one attached hydrogen (secondary N) is 2. The lowest BCUT2D eigenvalue weighted by atomic mass is 10.1. The second kappa shape index (κ2) is 10.0. The summed E-state index contributed by atoms with van der Waals surface area (Å²) in [6, 6.07) is 3.87. The number of fused-ring (bicyclic) bond motifs is 1. The third-order valence-corrected chi connectivity index (χ3v) is 4.25. The quantitative estimate of drug-likeness (QED) is 0.448. The number of ether oxygens (including phenoxy) is 1. The van der Waals surface area contributed by atoms with E-state index in [1.165, 1.54) is 18.9 Å². The van der Waals surface area contributed by atoms with Crippen molar-refractivity contribution >= 4 is 11.7 Å². The zero-order valence-electron chi connectivity index (χ0n) is 15.0. The summed E-state index contributed by atoms with van der Waals surface area (Å²) in [5.41, 5.74) is 2.44. The molecule has 1 aliphatic heterocycles. The highest BCUT2D eigenvalue weighted by molar-refractivity contribution is 5.73. The van der Waals surface area contributed by atoms with Crippen LogP contribution in [0.4, 0.5) is 5.82 Å². The highest BCUT2D eigenvalue weighted by Gasteiger charge is 2.13. The maximum absolute atomic E-state index is 11.0. The zero-order chi connectivity index (χ0) is 18.1. The fraction of sp³-hybridized carbons (Fsp3) is 0.579. The Balaban J connectivity index is 1.59. The largest absolute Gasteiger partial charge is 0.511 e. The SMILES string of the molecule is C=C(O)C(CCOCCCCc1ccc2c(n1)NCCC2)NC(C)=O. The standard InChI is InChI=1S/C19H29N3O3/c1-14(23)18(21-15(2)24)10-13-25-12-4-3-7-17-9-8-16-6-5-11-20-19(16)22-17/h8-9,18,23H,1,3-7,10-13H2,2H3,(H,20,22)(H,21,24). The Morgan fingerprint density at radius 1 is 1.44 bits per heavy atom. The molecule has 2 rings (SSSR count). The topological polar surface area (TPSA) is 83.5 Å². The minimum Gasteiger partial charge on any atom is -0.511 e. The molecule has 2 heterocycles. The number of carbonyl (C=O) groups is 1. The van der Waals surface area contributed by atoms with Gasteiger partial charge in [0.05, 0.1) is 6.04 Å². The van der Waals surface area contributed by atoms with E-state index >= 15 is 0 Å². The molecule has 1 aliphatic rings. The van der Waals surface area contributed by atoms with Crippen molar-refractivity contribution in [1.82, 2.24) is 10.3 Å². The van der Waals surface area contributed by atoms with Crippen LogP contribution < -0.4 is 10.6 Å². The molecule has 1 aromatic rings. The second-order valence-electron chi connectivity index (χ2n) is 6.44. The number of pyridine rings is 1. The molecule has 6 heteroatoms. The lowest BCUT2D eigenvalue weighted by Crippen LogP contribution is -2.35. The predicted molar refractivity (Wildman–Crippen MR) is 98.8 cm³/mol. The summed E-state index contributed by atoms with van der Waals surface area (Å²) in [7, 11) is 0. The molecule has 0 saturated carbocycles. The molecular formula is C19H29N3O3. The number of nitrogens with zero attached hydrogens (tertiary/aromatic N) is 1. The molecule has 0 spiro atoms. The molecule has 1 atom stereocenters. The van der Waals surface area contributed by atoms with Gasteiger partial charge in [-0.15, -0.1) is 0 Å². The Morgan fingerprint density at radius 2 is 2.28 bits per heavy atom. The van der Waals surface area contributed by atoms with Crippen LogP contribution in [0.1, 0.15) is 43.9 Å². The fourth-order valence-electron chi connectivity index (χ4n) is 2.89. The number of aliphatic hydroxyl groups is 1. The molecule has 0 saturated heterocycles. The minimum atomic E-state index is -0.440. The van der Waals surface area contributed by atoms with Crippen molar-refractivity contribution in [3.63, 3.8) is 0 Å². The lowest BCUT2D eigenvalue weighted by molar-refractivity contribution is -0.119. The molecule has 0 bridgehead atoms. The van der Waals surface area contributed by atoms with E-state index in [2.05, 4.69) is 34.3 Å². The maximum atomic E-state index is 11.0. The number of unbranched alkanes of at least 4 members (excludes halogenated alkanes) is 1. The Kier molecular flexibility index (Phi) is 7.73. The first-order valence-corrected chi connectivity index (χ1v) is 9.01. The first-order valence-electron chi connectivity index (χ1n) is 9.01. The van der Waals surface area contributed by atoms with Crippen molar-refractivity contribution in [3.8, 4) is 0 Å². The third-order valence-electron chi connectivity index (χ3n) is 4.25. The molecule has 0 aliphatic carbocycles. The van der Waals surface area contributed by atoms with Crippen LogP contribution in [0.3, 0.4) is 0 Å². The summed E-state index contributed by atoms with van der Waals surface area (Å²) in [6.07, 6.45) is 5.74. The Morgan fingerprint density at radius 3 is 3.04 bits per heavy atom. The van der Waals surface area contributed by atoms with Gasteiger partial charge >= 0.3 is 0 Å². The molecule has 1 amide bonds. The van der Waals surface area contributed by atoms with Gasteiger partial charge in [-0.2, -0.15) is 0 Å². The van der Waals surface area contributed by atoms with E-state index in [0.717, 1.165) is 43.7 Å². The molecule has 0 aromatic carbocycles. The lowest BCUT2D eigenvalue weighted by Gasteiger charge is -2.17. The van der Waals surface area contributed by atoms with Crippen molar-refractivity contribution in [1.29, 1.82) is 0 Å². The van der Waals surface area contributed by atoms with Crippen LogP contribution in [0.5, 0.6) is 0 Å². The molecule has 3 N–H and O–H groups in total. The van der Waals surface area contributed by atoms with E-state index < -0.39 is 6.04 Å². The zero-order valence-corrected chi connectivity index (χ0v) is 15.0. The van der Waals surface area contributed by atoms with Crippen LogP contribution in [-0.4, -0.2) is 41.8 Å². The average molecular weight is 347 g/mol. The van der Waals surface area contributed by atoms with Gasteiger partial charge in [0.1, 0.15) is 11.6 Å². The van der Waals surface area contributed by atoms with Gasteiger partial charge in [-0.1, -0.05) is 12.6 Å². The number of aromatic nitrogens is 1. The van der Waals surface area contributed by atoms with Crippen LogP contribution in [0.15, 0.2) is 24.5 Å². The van der Waals surface area contributed by atoms with Gasteiger partial charge in [0, 0.05) is 32.4 Å². The normalized spacial score (nSPS) is 14.3. The van der Waals surface area contributed by atoms with Crippen LogP contribution in [0.25, 0.3) is 0 Å². The van der Waals surface area contributed by atoms with Gasteiger partial charge in [0.2, 0.25) is 5.91 Å². The van der Waals surface area contributed by atoms with E-state index in [4.69, 9.17) is 4.74 Å². The van der Waals surface area contributed by atoms with Gasteiger partial charge in [0.15, 0.2) is 0 Å². The van der Waals surface area contributed by atoms with Gasteiger partial charge in [-0.05, 0) is 50.2 Å². The summed E-state index contributed by atoms with van der Waals surface area (Å²) >= 11 is 0. The molecule has 1 aromatic heterocycles. The molecule has 138 valence electrons. The van der Waals surface area contributed by atoms with Crippen LogP contribution in [0.2, 0.25) is 0 Å². The van der Waals surface area contributed by atoms with Gasteiger partial charge in [0.25, 0.3) is 0 Å². The smallest absolute Gasteiger partial charge is 0.217 e. The van der Waals surface area contributed by atoms with Crippen molar-refractivity contribution in [2.24, 2.45) is 0 Å². The summed E-state index contributed by atoms with van der Waals surface area (Å²) < 4.78 is 5.59. The number of aliphatic hydroxyl groups excluding tert-OH is 1. The van der Waals surface area contributed by atoms with Crippen LogP contribution >= 0.6 is 0 Å². The number of anilines is 1. The van der Waals surface area contributed by atoms with Crippen molar-refractivity contribution in [2.45, 2.75) is 51.5 Å². The van der Waals surface area contributed by atoms with Crippen LogP contribution in [0, 0.1) is 0 Å². The van der Waals surface area contributed by atoms with E-state index in [1.807, 2.05) is 0 Å². The van der Waals surface area contributed by atoms with Gasteiger partial charge in [-0.3, -0.25) is 4.79 Å². The Hall–Kier alpha value is -2.08. The molecule has 0 radical (unpaired) electrons. The summed E-state index contributed by atoms with van der Waals surface area (Å²) in [5.74, 6) is 0.825. The monoisotopic (exact) mass is 347 g/mol. The minimum absolute atomic E-state index is 0.0362. The predicted octanol–water partition coefficient (Wildman–Crippen LogP) is 2.75. The Bertz CT molecular complexity index is 589. The van der Waals surface area contributed by atoms with E-state index in [1.54, 1.807) is 0 Å². The molecular weight excluding hydrogens is 318 g/mol. The van der Waals surface area contributed by atoms with E-state index in [9.17, 15) is 9.90 Å². The van der Waals surface area contributed by atoms with Crippen LogP contribution in [-0.2, 0) is 22.4 Å². The van der Waals surface area contributed by atoms with Gasteiger partial charge in [-0.25, -0.2) is 4.98 Å². The first kappa shape index (κ1) is 19.2. The number of amides is 1. The molecule has 1 unspecified atom stereocenters. The summed E-state index contributed by atoms with van der Waals surface area (Å²) in [4.78, 5) is 15.7. The number of hydrogen-bond donors (Lipinski definition) is 3. The first-order chi connectivity index (χ1) is 12.1. The molecule has 0 fully saturated rings. The second-order valence-corrected chi connectivity index (χ2v) is 6.44. The summed E-state index contributed by atoms with van der Waals surface area (Å²) in [6.45, 7) is 7.04. The summed E-state index contributed by atoms with van der Waals surface area (Å²) in [5, 5.41) is 15.4. The van der Waals surface area contributed by atoms with Crippen molar-refractivity contribution in [3.05, 3.63) is 35.7 Å². The fourth-order valence-corrected chi connectivity index (χ4v) is 2.89. The van der Waals surface area contributed by atoms with E-state index in [-0.39, 0.29) is 11.7 Å². The van der Waals surface area contributed by atoms with E-state index in [0.29, 0.717) is 19.6 Å². The highest BCUT2D eigenvalue weighted by Crippen LogP contribution is 2.20. The van der Waals surface area contributed by atoms with Crippen molar-refractivity contribution in [2.75, 3.05) is 25.1 Å². The number of rotatable bonds is 10. The number of carbonyl (C=O) groups excluding carboxylic acids is 1. The number of aryl methyl sites for hydroxylation is 2.